The molecular formula is C24H25N3O6S. The first-order chi connectivity index (χ1) is 16.2. The quantitative estimate of drug-likeness (QED) is 0.482. The summed E-state index contributed by atoms with van der Waals surface area (Å²) in [5.41, 5.74) is 6.78. The van der Waals surface area contributed by atoms with Crippen LogP contribution in [0.1, 0.15) is 15.9 Å². The van der Waals surface area contributed by atoms with Crippen molar-refractivity contribution >= 4 is 33.2 Å². The smallest absolute Gasteiger partial charge is 0.264 e. The van der Waals surface area contributed by atoms with E-state index < -0.39 is 28.4 Å². The first-order valence-electron chi connectivity index (χ1n) is 10.2. The Hall–Kier alpha value is -4.05. The molecule has 2 amide bonds. The number of ether oxygens (including phenoxy) is 2. The van der Waals surface area contributed by atoms with E-state index in [0.717, 1.165) is 4.31 Å². The number of carbonyl (C=O) groups excluding carboxylic acids is 2. The number of hydrogen-bond acceptors (Lipinski definition) is 6. The lowest BCUT2D eigenvalue weighted by Crippen LogP contribution is -2.38. The molecule has 0 saturated heterocycles. The number of hydrogen-bond donors (Lipinski definition) is 2. The minimum atomic E-state index is -4.17. The lowest BCUT2D eigenvalue weighted by Gasteiger charge is -2.24. The number of benzene rings is 3. The van der Waals surface area contributed by atoms with Crippen LogP contribution in [-0.4, -0.2) is 41.0 Å². The summed E-state index contributed by atoms with van der Waals surface area (Å²) in [5, 5.41) is 2.67. The van der Waals surface area contributed by atoms with Crippen molar-refractivity contribution in [1.82, 2.24) is 0 Å². The zero-order valence-corrected chi connectivity index (χ0v) is 19.8. The standard InChI is InChI=1S/C24H25N3O6S/c1-16-19(24(25)29)10-7-11-20(16)26-23(28)15-27(17-8-5-4-6-9-17)34(30,31)18-12-13-21(32-2)22(14-18)33-3/h4-14H,15H2,1-3H3,(H2,25,29)(H,26,28). The predicted molar refractivity (Wildman–Crippen MR) is 129 cm³/mol. The van der Waals surface area contributed by atoms with Gasteiger partial charge in [-0.05, 0) is 48.9 Å². The van der Waals surface area contributed by atoms with Crippen molar-refractivity contribution in [3.8, 4) is 11.5 Å². The van der Waals surface area contributed by atoms with Crippen LogP contribution in [0.5, 0.6) is 11.5 Å². The van der Waals surface area contributed by atoms with Gasteiger partial charge < -0.3 is 20.5 Å². The second-order valence-corrected chi connectivity index (χ2v) is 9.12. The number of sulfonamides is 1. The number of nitrogens with two attached hydrogens (primary N) is 1. The van der Waals surface area contributed by atoms with Crippen LogP contribution in [0.15, 0.2) is 71.6 Å². The van der Waals surface area contributed by atoms with Crippen LogP contribution in [0.3, 0.4) is 0 Å². The Morgan fingerprint density at radius 1 is 0.941 bits per heavy atom. The van der Waals surface area contributed by atoms with Gasteiger partial charge >= 0.3 is 0 Å². The van der Waals surface area contributed by atoms with E-state index in [1.54, 1.807) is 55.5 Å². The number of amides is 2. The highest BCUT2D eigenvalue weighted by Gasteiger charge is 2.28. The van der Waals surface area contributed by atoms with E-state index in [0.29, 0.717) is 22.7 Å². The van der Waals surface area contributed by atoms with E-state index in [-0.39, 0.29) is 16.2 Å². The van der Waals surface area contributed by atoms with Gasteiger partial charge in [-0.1, -0.05) is 24.3 Å². The van der Waals surface area contributed by atoms with Crippen molar-refractivity contribution in [2.24, 2.45) is 5.73 Å². The van der Waals surface area contributed by atoms with Gasteiger partial charge in [-0.2, -0.15) is 0 Å². The van der Waals surface area contributed by atoms with E-state index in [2.05, 4.69) is 5.32 Å². The number of methoxy groups -OCH3 is 2. The number of rotatable bonds is 9. The molecule has 9 nitrogen and oxygen atoms in total. The van der Waals surface area contributed by atoms with Crippen molar-refractivity contribution in [1.29, 1.82) is 0 Å². The molecule has 0 aliphatic carbocycles. The van der Waals surface area contributed by atoms with E-state index >= 15 is 0 Å². The van der Waals surface area contributed by atoms with Gasteiger partial charge in [-0.3, -0.25) is 13.9 Å². The first kappa shape index (κ1) is 24.6. The van der Waals surface area contributed by atoms with Crippen LogP contribution in [0.25, 0.3) is 0 Å². The van der Waals surface area contributed by atoms with E-state index in [1.807, 2.05) is 0 Å². The highest BCUT2D eigenvalue weighted by Crippen LogP contribution is 2.32. The monoisotopic (exact) mass is 483 g/mol. The molecule has 0 aliphatic rings. The Balaban J connectivity index is 1.97. The molecular weight excluding hydrogens is 458 g/mol. The van der Waals surface area contributed by atoms with Crippen molar-refractivity contribution in [2.75, 3.05) is 30.4 Å². The zero-order valence-electron chi connectivity index (χ0n) is 18.9. The highest BCUT2D eigenvalue weighted by molar-refractivity contribution is 7.92. The third-order valence-corrected chi connectivity index (χ3v) is 6.92. The maximum absolute atomic E-state index is 13.6. The third kappa shape index (κ3) is 5.12. The molecule has 178 valence electrons. The Labute approximate surface area is 198 Å². The van der Waals surface area contributed by atoms with Gasteiger partial charge in [0.25, 0.3) is 10.0 Å². The summed E-state index contributed by atoms with van der Waals surface area (Å²) < 4.78 is 38.6. The van der Waals surface area contributed by atoms with Crippen LogP contribution < -0.4 is 24.8 Å². The van der Waals surface area contributed by atoms with Gasteiger partial charge in [0.15, 0.2) is 11.5 Å². The maximum atomic E-state index is 13.6. The fourth-order valence-electron chi connectivity index (χ4n) is 3.37. The molecule has 0 saturated carbocycles. The van der Waals surface area contributed by atoms with Gasteiger partial charge in [0.1, 0.15) is 6.54 Å². The Bertz CT molecular complexity index is 1310. The number of nitrogens with one attached hydrogen (secondary N) is 1. The summed E-state index contributed by atoms with van der Waals surface area (Å²) in [4.78, 5) is 24.5. The van der Waals surface area contributed by atoms with Crippen LogP contribution in [0.4, 0.5) is 11.4 Å². The van der Waals surface area contributed by atoms with E-state index in [1.165, 1.54) is 32.4 Å². The minimum absolute atomic E-state index is 0.0753. The van der Waals surface area contributed by atoms with Gasteiger partial charge in [-0.25, -0.2) is 8.42 Å². The van der Waals surface area contributed by atoms with Gasteiger partial charge in [0, 0.05) is 17.3 Å². The number of primary amides is 1. The van der Waals surface area contributed by atoms with Crippen LogP contribution in [0.2, 0.25) is 0 Å². The SMILES string of the molecule is COc1ccc(S(=O)(=O)N(CC(=O)Nc2cccc(C(N)=O)c2C)c2ccccc2)cc1OC. The number of para-hydroxylation sites is 1. The molecule has 3 aromatic rings. The molecule has 10 heteroatoms. The topological polar surface area (TPSA) is 128 Å². The molecule has 0 spiro atoms. The Morgan fingerprint density at radius 3 is 2.24 bits per heavy atom. The summed E-state index contributed by atoms with van der Waals surface area (Å²) >= 11 is 0. The molecule has 3 aromatic carbocycles. The second-order valence-electron chi connectivity index (χ2n) is 7.25. The van der Waals surface area contributed by atoms with Crippen LogP contribution >= 0.6 is 0 Å². The third-order valence-electron chi connectivity index (χ3n) is 5.15. The molecule has 0 atom stereocenters. The Kier molecular flexibility index (Phi) is 7.42. The molecule has 0 fully saturated rings. The van der Waals surface area contributed by atoms with Crippen LogP contribution in [0, 0.1) is 6.92 Å². The number of anilines is 2. The van der Waals surface area contributed by atoms with E-state index in [4.69, 9.17) is 15.2 Å². The van der Waals surface area contributed by atoms with E-state index in [9.17, 15) is 18.0 Å². The van der Waals surface area contributed by atoms with Crippen molar-refractivity contribution in [3.63, 3.8) is 0 Å². The molecule has 3 N–H and O–H groups in total. The van der Waals surface area contributed by atoms with Gasteiger partial charge in [-0.15, -0.1) is 0 Å². The Morgan fingerprint density at radius 2 is 1.62 bits per heavy atom. The number of nitrogens with zero attached hydrogens (tertiary/aromatic N) is 1. The minimum Gasteiger partial charge on any atom is -0.493 e. The first-order valence-corrected chi connectivity index (χ1v) is 11.6. The molecule has 0 radical (unpaired) electrons. The summed E-state index contributed by atoms with van der Waals surface area (Å²) in [7, 11) is -1.32. The summed E-state index contributed by atoms with van der Waals surface area (Å²) in [6.45, 7) is 1.13. The molecule has 0 aliphatic heterocycles. The van der Waals surface area contributed by atoms with Crippen molar-refractivity contribution in [2.45, 2.75) is 11.8 Å². The maximum Gasteiger partial charge on any atom is 0.264 e. The van der Waals surface area contributed by atoms with Gasteiger partial charge in [0.2, 0.25) is 11.8 Å². The largest absolute Gasteiger partial charge is 0.493 e. The average molecular weight is 484 g/mol. The fourth-order valence-corrected chi connectivity index (χ4v) is 4.81. The lowest BCUT2D eigenvalue weighted by atomic mass is 10.1. The lowest BCUT2D eigenvalue weighted by molar-refractivity contribution is -0.114. The van der Waals surface area contributed by atoms with Crippen LogP contribution in [-0.2, 0) is 14.8 Å². The van der Waals surface area contributed by atoms with Crippen molar-refractivity contribution < 1.29 is 27.5 Å². The molecule has 3 rings (SSSR count). The molecule has 0 aromatic heterocycles. The molecule has 0 heterocycles. The van der Waals surface area contributed by atoms with Crippen molar-refractivity contribution in [3.05, 3.63) is 77.9 Å². The fraction of sp³-hybridized carbons (Fsp3) is 0.167. The number of carbonyl (C=O) groups is 2. The molecule has 0 bridgehead atoms. The summed E-state index contributed by atoms with van der Waals surface area (Å²) in [6.07, 6.45) is 0. The summed E-state index contributed by atoms with van der Waals surface area (Å²) in [5.74, 6) is -0.622. The average Bonchev–Trinajstić information content (AvgIpc) is 2.83. The second kappa shape index (κ2) is 10.3. The highest BCUT2D eigenvalue weighted by atomic mass is 32.2. The normalized spacial score (nSPS) is 10.9. The molecule has 34 heavy (non-hydrogen) atoms. The predicted octanol–water partition coefficient (Wildman–Crippen LogP) is 2.95. The van der Waals surface area contributed by atoms with Gasteiger partial charge in [0.05, 0.1) is 24.8 Å². The zero-order chi connectivity index (χ0) is 24.9. The molecule has 0 unspecified atom stereocenters. The summed E-state index contributed by atoms with van der Waals surface area (Å²) in [6, 6.07) is 17.2.